The number of nitrogens with zero attached hydrogens (tertiary/aromatic N) is 1. The monoisotopic (exact) mass is 839 g/mol. The van der Waals surface area contributed by atoms with Crippen LogP contribution in [0.15, 0.2) is 96.7 Å². The first-order valence-corrected chi connectivity index (χ1v) is 20.0. The van der Waals surface area contributed by atoms with E-state index in [-0.39, 0.29) is 30.2 Å². The number of phenolic OH excluding ortho intramolecular Hbond substituents is 1. The molecule has 8 N–H and O–H groups in total. The maximum Gasteiger partial charge on any atom is 0.328 e. The number of aliphatic hydroxyl groups is 2. The molecule has 3 aromatic carbocycles. The summed E-state index contributed by atoms with van der Waals surface area (Å²) in [6.07, 6.45) is 8.51. The number of aliphatic hydroxyl groups excluding tert-OH is 2. The molecule has 1 unspecified atom stereocenters. The second kappa shape index (κ2) is 24.5. The predicted octanol–water partition coefficient (Wildman–Crippen LogP) is 3.40. The average molecular weight is 840 g/mol. The summed E-state index contributed by atoms with van der Waals surface area (Å²) in [5, 5.41) is 49.8. The molecule has 0 spiro atoms. The summed E-state index contributed by atoms with van der Waals surface area (Å²) in [7, 11) is 1.26. The molecule has 3 aromatic rings. The fourth-order valence-corrected chi connectivity index (χ4v) is 6.07. The molecular formula is C46H57N5O10. The first-order valence-electron chi connectivity index (χ1n) is 20.0. The standard InChI is InChI=1S/C46H57N5O10/c1-6-7-9-16-33-17-12-13-18-34(33)21-24-40(55)47-38(28-52)45(59)51(5)39(27-32-19-22-35(54)23-20-32)44(58)49-36(25-29(2)3)42(56)48-37(26-31-14-10-8-11-15-31)43(57)50-41(30(4)53)46(60)61/h8-24,27,29-30,36-38,41,52-54H,6-7,25-26,28H2,1-5H3,(H,47,55)(H,48,56)(H,49,58)(H,50,57)(H,60,61)/b16-9-,24-21+,39-27+/t30?,36-,37+,38-,41-/m0/s1. The fraction of sp³-hybridized carbons (Fsp3) is 0.348. The van der Waals surface area contributed by atoms with E-state index in [1.54, 1.807) is 50.3 Å². The number of amides is 5. The number of aliphatic carboxylic acids is 1. The lowest BCUT2D eigenvalue weighted by atomic mass is 10.0. The Labute approximate surface area is 356 Å². The fourth-order valence-electron chi connectivity index (χ4n) is 6.07. The van der Waals surface area contributed by atoms with Gasteiger partial charge in [0.15, 0.2) is 6.04 Å². The summed E-state index contributed by atoms with van der Waals surface area (Å²) in [6.45, 7) is 6.04. The summed E-state index contributed by atoms with van der Waals surface area (Å²) in [5.41, 5.74) is 2.33. The lowest BCUT2D eigenvalue weighted by molar-refractivity contribution is -0.145. The number of aromatic hydroxyl groups is 1. The van der Waals surface area contributed by atoms with Crippen LogP contribution < -0.4 is 21.3 Å². The molecule has 0 saturated heterocycles. The third kappa shape index (κ3) is 15.8. The van der Waals surface area contributed by atoms with E-state index in [1.165, 1.54) is 50.4 Å². The van der Waals surface area contributed by atoms with Gasteiger partial charge in [-0.25, -0.2) is 4.79 Å². The molecule has 15 heteroatoms. The number of carbonyl (C=O) groups is 6. The molecule has 5 amide bonds. The van der Waals surface area contributed by atoms with Crippen LogP contribution in [0, 0.1) is 5.92 Å². The minimum atomic E-state index is -1.67. The van der Waals surface area contributed by atoms with Gasteiger partial charge in [0.25, 0.3) is 11.8 Å². The highest BCUT2D eigenvalue weighted by Gasteiger charge is 2.34. The number of allylic oxidation sites excluding steroid dienone is 1. The summed E-state index contributed by atoms with van der Waals surface area (Å²) < 4.78 is 0. The molecule has 0 aliphatic heterocycles. The van der Waals surface area contributed by atoms with E-state index < -0.39 is 72.4 Å². The zero-order valence-corrected chi connectivity index (χ0v) is 35.1. The Hall–Kier alpha value is -6.58. The third-order valence-corrected chi connectivity index (χ3v) is 9.37. The van der Waals surface area contributed by atoms with Crippen LogP contribution in [0.4, 0.5) is 0 Å². The number of benzene rings is 3. The lowest BCUT2D eigenvalue weighted by Gasteiger charge is -2.28. The van der Waals surface area contributed by atoms with Gasteiger partial charge in [-0.1, -0.05) is 106 Å². The van der Waals surface area contributed by atoms with Crippen molar-refractivity contribution >= 4 is 53.7 Å². The Balaban J connectivity index is 1.92. The molecule has 326 valence electrons. The molecule has 0 radical (unpaired) electrons. The van der Waals surface area contributed by atoms with Gasteiger partial charge in [0.05, 0.1) is 12.7 Å². The maximum atomic E-state index is 14.2. The van der Waals surface area contributed by atoms with Crippen molar-refractivity contribution in [2.45, 2.75) is 83.6 Å². The van der Waals surface area contributed by atoms with Crippen LogP contribution in [0.1, 0.15) is 69.2 Å². The van der Waals surface area contributed by atoms with Crippen molar-refractivity contribution < 1.29 is 49.2 Å². The SMILES string of the molecule is CCC/C=C\c1ccccc1/C=C/C(=O)N[C@@H](CO)C(=O)N(C)/C(=C/c1ccc(O)cc1)C(=O)N[C@@H](CC(C)C)C(=O)N[C@H](Cc1ccccc1)C(=O)N[C@H](C(=O)O)C(C)O. The summed E-state index contributed by atoms with van der Waals surface area (Å²) in [5.74, 6) is -5.89. The van der Waals surface area contributed by atoms with E-state index in [4.69, 9.17) is 0 Å². The molecule has 0 aliphatic carbocycles. The molecule has 0 fully saturated rings. The minimum absolute atomic E-state index is 0.0609. The number of rotatable bonds is 22. The zero-order valence-electron chi connectivity index (χ0n) is 35.1. The molecule has 0 bridgehead atoms. The molecule has 5 atom stereocenters. The number of carbonyl (C=O) groups excluding carboxylic acids is 5. The quantitative estimate of drug-likeness (QED) is 0.0687. The van der Waals surface area contributed by atoms with E-state index in [9.17, 15) is 49.2 Å². The molecule has 0 heterocycles. The van der Waals surface area contributed by atoms with Crippen LogP contribution in [0.3, 0.4) is 0 Å². The highest BCUT2D eigenvalue weighted by Crippen LogP contribution is 2.18. The Morgan fingerprint density at radius 3 is 1.93 bits per heavy atom. The van der Waals surface area contributed by atoms with Crippen molar-refractivity contribution in [3.8, 4) is 5.75 Å². The minimum Gasteiger partial charge on any atom is -0.508 e. The zero-order chi connectivity index (χ0) is 45.1. The Bertz CT molecular complexity index is 2050. The van der Waals surface area contributed by atoms with Crippen LogP contribution in [-0.4, -0.2) is 105 Å². The topological polar surface area (TPSA) is 235 Å². The highest BCUT2D eigenvalue weighted by molar-refractivity contribution is 6.05. The number of hydrogen-bond acceptors (Lipinski definition) is 9. The van der Waals surface area contributed by atoms with Gasteiger partial charge in [-0.2, -0.15) is 0 Å². The Kier molecular flexibility index (Phi) is 19.6. The van der Waals surface area contributed by atoms with Crippen LogP contribution in [-0.2, 0) is 35.2 Å². The summed E-state index contributed by atoms with van der Waals surface area (Å²) >= 11 is 0. The van der Waals surface area contributed by atoms with Gasteiger partial charge in [0, 0.05) is 19.5 Å². The van der Waals surface area contributed by atoms with Gasteiger partial charge < -0.3 is 46.6 Å². The molecule has 0 aromatic heterocycles. The maximum absolute atomic E-state index is 14.2. The van der Waals surface area contributed by atoms with Gasteiger partial charge in [0.2, 0.25) is 17.7 Å². The largest absolute Gasteiger partial charge is 0.508 e. The van der Waals surface area contributed by atoms with Crippen molar-refractivity contribution in [2.75, 3.05) is 13.7 Å². The molecule has 61 heavy (non-hydrogen) atoms. The predicted molar refractivity (Wildman–Crippen MR) is 232 cm³/mol. The van der Waals surface area contributed by atoms with Crippen molar-refractivity contribution in [1.82, 2.24) is 26.2 Å². The van der Waals surface area contributed by atoms with Gasteiger partial charge in [-0.3, -0.25) is 24.0 Å². The van der Waals surface area contributed by atoms with Gasteiger partial charge in [-0.05, 0) is 72.2 Å². The number of carboxylic acid groups (broad SMARTS) is 1. The van der Waals surface area contributed by atoms with Crippen molar-refractivity contribution in [2.24, 2.45) is 5.92 Å². The first-order chi connectivity index (χ1) is 29.0. The lowest BCUT2D eigenvalue weighted by Crippen LogP contribution is -2.58. The molecule has 15 nitrogen and oxygen atoms in total. The van der Waals surface area contributed by atoms with Crippen LogP contribution in [0.25, 0.3) is 18.2 Å². The summed E-state index contributed by atoms with van der Waals surface area (Å²) in [6, 6.07) is 15.9. The van der Waals surface area contributed by atoms with Crippen molar-refractivity contribution in [3.05, 3.63) is 119 Å². The van der Waals surface area contributed by atoms with Crippen LogP contribution in [0.5, 0.6) is 5.75 Å². The van der Waals surface area contributed by atoms with Gasteiger partial charge in [-0.15, -0.1) is 0 Å². The highest BCUT2D eigenvalue weighted by atomic mass is 16.4. The average Bonchev–Trinajstić information content (AvgIpc) is 3.23. The van der Waals surface area contributed by atoms with E-state index in [2.05, 4.69) is 28.2 Å². The van der Waals surface area contributed by atoms with Crippen molar-refractivity contribution in [3.63, 3.8) is 0 Å². The third-order valence-electron chi connectivity index (χ3n) is 9.37. The molecule has 0 saturated carbocycles. The number of unbranched alkanes of at least 4 members (excludes halogenated alkanes) is 1. The second-order valence-electron chi connectivity index (χ2n) is 14.9. The number of hydrogen-bond donors (Lipinski definition) is 8. The van der Waals surface area contributed by atoms with Gasteiger partial charge >= 0.3 is 5.97 Å². The van der Waals surface area contributed by atoms with E-state index in [0.29, 0.717) is 11.1 Å². The number of likely N-dealkylation sites (N-methyl/N-ethyl adjacent to an activating group) is 1. The van der Waals surface area contributed by atoms with Crippen molar-refractivity contribution in [1.29, 1.82) is 0 Å². The smallest absolute Gasteiger partial charge is 0.328 e. The van der Waals surface area contributed by atoms with E-state index >= 15 is 0 Å². The number of phenols is 1. The number of nitrogens with one attached hydrogen (secondary N) is 4. The van der Waals surface area contributed by atoms with Crippen LogP contribution >= 0.6 is 0 Å². The Morgan fingerprint density at radius 2 is 1.36 bits per heavy atom. The Morgan fingerprint density at radius 1 is 0.754 bits per heavy atom. The normalized spacial score (nSPS) is 14.1. The van der Waals surface area contributed by atoms with E-state index in [0.717, 1.165) is 28.9 Å². The van der Waals surface area contributed by atoms with Crippen LogP contribution in [0.2, 0.25) is 0 Å². The molecule has 0 aliphatic rings. The number of carboxylic acids is 1. The summed E-state index contributed by atoms with van der Waals surface area (Å²) in [4.78, 5) is 81.5. The second-order valence-corrected chi connectivity index (χ2v) is 14.9. The molecule has 3 rings (SSSR count). The molecular weight excluding hydrogens is 783 g/mol. The van der Waals surface area contributed by atoms with Gasteiger partial charge in [0.1, 0.15) is 29.6 Å². The van der Waals surface area contributed by atoms with E-state index in [1.807, 2.05) is 36.4 Å². The first kappa shape index (κ1) is 48.8.